The highest BCUT2D eigenvalue weighted by Crippen LogP contribution is 2.21. The first kappa shape index (κ1) is 11.7. The van der Waals surface area contributed by atoms with E-state index in [-0.39, 0.29) is 5.91 Å². The molecule has 0 unspecified atom stereocenters. The number of carbonyl (C=O) groups is 1. The fourth-order valence-electron chi connectivity index (χ4n) is 1.50. The molecule has 1 aromatic heterocycles. The molecular formula is C12H18N2O. The van der Waals surface area contributed by atoms with Crippen LogP contribution in [-0.2, 0) is 4.79 Å². The number of anilines is 1. The van der Waals surface area contributed by atoms with E-state index in [9.17, 15) is 4.79 Å². The van der Waals surface area contributed by atoms with Crippen LogP contribution in [0.15, 0.2) is 12.3 Å². The lowest BCUT2D eigenvalue weighted by atomic mass is 10.0. The summed E-state index contributed by atoms with van der Waals surface area (Å²) in [6, 6.07) is 1.96. The topological polar surface area (TPSA) is 33.2 Å². The Labute approximate surface area is 91.1 Å². The number of rotatable bonds is 2. The number of carbonyl (C=O) groups excluding carboxylic acids is 1. The van der Waals surface area contributed by atoms with Crippen LogP contribution in [0.1, 0.15) is 37.8 Å². The van der Waals surface area contributed by atoms with E-state index in [1.165, 1.54) is 18.1 Å². The molecule has 0 radical (unpaired) electrons. The highest BCUT2D eigenvalue weighted by atomic mass is 16.2. The molecule has 1 rings (SSSR count). The summed E-state index contributed by atoms with van der Waals surface area (Å²) in [5, 5.41) is 0. The first-order valence-corrected chi connectivity index (χ1v) is 5.14. The lowest BCUT2D eigenvalue weighted by Crippen LogP contribution is -2.24. The number of aromatic nitrogens is 1. The largest absolute Gasteiger partial charge is 0.300 e. The van der Waals surface area contributed by atoms with Crippen LogP contribution in [0.3, 0.4) is 0 Å². The predicted molar refractivity (Wildman–Crippen MR) is 62.1 cm³/mol. The van der Waals surface area contributed by atoms with Crippen LogP contribution >= 0.6 is 0 Å². The summed E-state index contributed by atoms with van der Waals surface area (Å²) in [5.41, 5.74) is 2.42. The maximum Gasteiger partial charge on any atom is 0.224 e. The maximum absolute atomic E-state index is 11.2. The average Bonchev–Trinajstić information content (AvgIpc) is 2.15. The van der Waals surface area contributed by atoms with Crippen LogP contribution in [-0.4, -0.2) is 17.9 Å². The van der Waals surface area contributed by atoms with E-state index in [2.05, 4.69) is 25.8 Å². The van der Waals surface area contributed by atoms with Gasteiger partial charge in [0.15, 0.2) is 0 Å². The van der Waals surface area contributed by atoms with Gasteiger partial charge in [-0.2, -0.15) is 0 Å². The van der Waals surface area contributed by atoms with Crippen molar-refractivity contribution in [1.29, 1.82) is 0 Å². The molecule has 0 spiro atoms. The van der Waals surface area contributed by atoms with Crippen molar-refractivity contribution in [3.05, 3.63) is 23.4 Å². The molecule has 82 valence electrons. The van der Waals surface area contributed by atoms with Gasteiger partial charge in [0.1, 0.15) is 5.82 Å². The van der Waals surface area contributed by atoms with Gasteiger partial charge in [-0.1, -0.05) is 13.8 Å². The normalized spacial score (nSPS) is 10.5. The van der Waals surface area contributed by atoms with Crippen LogP contribution in [0, 0.1) is 6.92 Å². The Morgan fingerprint density at radius 1 is 1.47 bits per heavy atom. The minimum atomic E-state index is -0.000744. The zero-order valence-corrected chi connectivity index (χ0v) is 10.0. The molecule has 3 nitrogen and oxygen atoms in total. The SMILES string of the molecule is CC(=O)N(C)c1cc(C)c(C(C)C)cn1. The van der Waals surface area contributed by atoms with E-state index in [1.807, 2.05) is 12.3 Å². The molecule has 1 amide bonds. The van der Waals surface area contributed by atoms with Crippen LogP contribution in [0.2, 0.25) is 0 Å². The molecule has 0 aliphatic rings. The molecule has 0 bridgehead atoms. The molecule has 0 saturated carbocycles. The van der Waals surface area contributed by atoms with Crippen molar-refractivity contribution < 1.29 is 4.79 Å². The quantitative estimate of drug-likeness (QED) is 0.744. The van der Waals surface area contributed by atoms with E-state index < -0.39 is 0 Å². The lowest BCUT2D eigenvalue weighted by molar-refractivity contribution is -0.116. The summed E-state index contributed by atoms with van der Waals surface area (Å²) in [7, 11) is 1.74. The van der Waals surface area contributed by atoms with Crippen LogP contribution in [0.4, 0.5) is 5.82 Å². The molecule has 15 heavy (non-hydrogen) atoms. The van der Waals surface area contributed by atoms with Crippen molar-refractivity contribution in [2.45, 2.75) is 33.6 Å². The Kier molecular flexibility index (Phi) is 3.45. The third-order valence-electron chi connectivity index (χ3n) is 2.57. The van der Waals surface area contributed by atoms with Gasteiger partial charge in [0, 0.05) is 20.2 Å². The van der Waals surface area contributed by atoms with Crippen LogP contribution in [0.25, 0.3) is 0 Å². The number of hydrogen-bond acceptors (Lipinski definition) is 2. The third-order valence-corrected chi connectivity index (χ3v) is 2.57. The highest BCUT2D eigenvalue weighted by molar-refractivity contribution is 5.89. The summed E-state index contributed by atoms with van der Waals surface area (Å²) in [6.07, 6.45) is 1.86. The molecule has 0 saturated heterocycles. The van der Waals surface area contributed by atoms with Gasteiger partial charge in [-0.05, 0) is 30.0 Å². The fourth-order valence-corrected chi connectivity index (χ4v) is 1.50. The highest BCUT2D eigenvalue weighted by Gasteiger charge is 2.10. The molecule has 0 atom stereocenters. The summed E-state index contributed by atoms with van der Waals surface area (Å²) in [6.45, 7) is 7.86. The van der Waals surface area contributed by atoms with Crippen LogP contribution < -0.4 is 4.90 Å². The smallest absolute Gasteiger partial charge is 0.224 e. The monoisotopic (exact) mass is 206 g/mol. The van der Waals surface area contributed by atoms with Crippen molar-refractivity contribution in [2.75, 3.05) is 11.9 Å². The van der Waals surface area contributed by atoms with E-state index in [1.54, 1.807) is 11.9 Å². The summed E-state index contributed by atoms with van der Waals surface area (Å²) in [4.78, 5) is 17.0. The standard InChI is InChI=1S/C12H18N2O/c1-8(2)11-7-13-12(6-9(11)3)14(5)10(4)15/h6-8H,1-5H3. The Balaban J connectivity index is 3.06. The Bertz CT molecular complexity index is 372. The Hall–Kier alpha value is -1.38. The van der Waals surface area contributed by atoms with E-state index >= 15 is 0 Å². The number of amides is 1. The molecule has 3 heteroatoms. The molecule has 0 aromatic carbocycles. The van der Waals surface area contributed by atoms with Gasteiger partial charge in [-0.15, -0.1) is 0 Å². The Morgan fingerprint density at radius 3 is 2.47 bits per heavy atom. The Morgan fingerprint density at radius 2 is 2.07 bits per heavy atom. The van der Waals surface area contributed by atoms with Gasteiger partial charge in [-0.3, -0.25) is 4.79 Å². The minimum absolute atomic E-state index is 0.000744. The zero-order chi connectivity index (χ0) is 11.6. The minimum Gasteiger partial charge on any atom is -0.300 e. The molecule has 0 N–H and O–H groups in total. The number of pyridine rings is 1. The molecular weight excluding hydrogens is 188 g/mol. The van der Waals surface area contributed by atoms with Crippen LogP contribution in [0.5, 0.6) is 0 Å². The van der Waals surface area contributed by atoms with Crippen molar-refractivity contribution in [2.24, 2.45) is 0 Å². The van der Waals surface area contributed by atoms with E-state index in [0.717, 1.165) is 0 Å². The lowest BCUT2D eigenvalue weighted by Gasteiger charge is -2.16. The van der Waals surface area contributed by atoms with Gasteiger partial charge in [-0.25, -0.2) is 4.98 Å². The van der Waals surface area contributed by atoms with Gasteiger partial charge < -0.3 is 4.90 Å². The first-order chi connectivity index (χ1) is 6.93. The van der Waals surface area contributed by atoms with Gasteiger partial charge in [0.2, 0.25) is 5.91 Å². The van der Waals surface area contributed by atoms with Gasteiger partial charge in [0.05, 0.1) is 0 Å². The molecule has 0 aliphatic heterocycles. The second-order valence-electron chi connectivity index (χ2n) is 4.13. The van der Waals surface area contributed by atoms with Crippen molar-refractivity contribution in [3.8, 4) is 0 Å². The molecule has 0 fully saturated rings. The fraction of sp³-hybridized carbons (Fsp3) is 0.500. The van der Waals surface area contributed by atoms with E-state index in [0.29, 0.717) is 11.7 Å². The second kappa shape index (κ2) is 4.43. The summed E-state index contributed by atoms with van der Waals surface area (Å²) < 4.78 is 0. The molecule has 1 heterocycles. The summed E-state index contributed by atoms with van der Waals surface area (Å²) in [5.74, 6) is 1.18. The zero-order valence-electron chi connectivity index (χ0n) is 10.0. The predicted octanol–water partition coefficient (Wildman–Crippen LogP) is 2.50. The van der Waals surface area contributed by atoms with E-state index in [4.69, 9.17) is 0 Å². The van der Waals surface area contributed by atoms with Gasteiger partial charge in [0.25, 0.3) is 0 Å². The second-order valence-corrected chi connectivity index (χ2v) is 4.13. The number of nitrogens with zero attached hydrogens (tertiary/aromatic N) is 2. The average molecular weight is 206 g/mol. The maximum atomic E-state index is 11.2. The summed E-state index contributed by atoms with van der Waals surface area (Å²) >= 11 is 0. The van der Waals surface area contributed by atoms with Gasteiger partial charge >= 0.3 is 0 Å². The molecule has 1 aromatic rings. The third kappa shape index (κ3) is 2.55. The van der Waals surface area contributed by atoms with Crippen molar-refractivity contribution >= 4 is 11.7 Å². The molecule has 0 aliphatic carbocycles. The number of aryl methyl sites for hydroxylation is 1. The van der Waals surface area contributed by atoms with Crippen molar-refractivity contribution in [1.82, 2.24) is 4.98 Å². The first-order valence-electron chi connectivity index (χ1n) is 5.14. The number of hydrogen-bond donors (Lipinski definition) is 0. The van der Waals surface area contributed by atoms with Crippen molar-refractivity contribution in [3.63, 3.8) is 0 Å².